The zero-order valence-electron chi connectivity index (χ0n) is 22.1. The Bertz CT molecular complexity index is 903. The maximum absolute atomic E-state index is 11.8. The molecule has 0 bridgehead atoms. The molecule has 0 aromatic rings. The Balaban J connectivity index is 1.70. The van der Waals surface area contributed by atoms with E-state index in [1.165, 1.54) is 44.1 Å². The Morgan fingerprint density at radius 3 is 2.41 bits per heavy atom. The fraction of sp³-hybridized carbons (Fsp3) is 0.800. The van der Waals surface area contributed by atoms with Gasteiger partial charge in [0.15, 0.2) is 0 Å². The SMILES string of the molecule is C=C(C)C1CCC2(C)CCC34C(C(C)CC/C=C(/C)C(=O)O)C3(C)CCCC4C12CCC(=O)O. The molecule has 34 heavy (non-hydrogen) atoms. The predicted octanol–water partition coefficient (Wildman–Crippen LogP) is 7.49. The molecule has 4 fully saturated rings. The summed E-state index contributed by atoms with van der Waals surface area (Å²) in [6.07, 6.45) is 13.4. The summed E-state index contributed by atoms with van der Waals surface area (Å²) in [6, 6.07) is 0. The van der Waals surface area contributed by atoms with Crippen LogP contribution in [-0.2, 0) is 9.59 Å². The molecular weight excluding hydrogens is 424 g/mol. The summed E-state index contributed by atoms with van der Waals surface area (Å²) in [7, 11) is 0. The van der Waals surface area contributed by atoms with Crippen LogP contribution in [0.15, 0.2) is 23.8 Å². The zero-order chi connectivity index (χ0) is 25.1. The number of carbonyl (C=O) groups is 2. The van der Waals surface area contributed by atoms with Crippen molar-refractivity contribution in [2.24, 2.45) is 45.3 Å². The van der Waals surface area contributed by atoms with Gasteiger partial charge < -0.3 is 10.2 Å². The zero-order valence-corrected chi connectivity index (χ0v) is 22.1. The standard InChI is InChI=1S/C30H46O4/c1-19(2)22-12-15-27(5)17-18-30-23(29(22,27)16-13-24(31)32)11-8-14-28(30,6)25(30)20(3)9-7-10-21(4)26(33)34/h10,20,22-23,25H,1,7-9,11-18H2,2-6H3,(H,31,32)(H,33,34)/b21-10-. The molecule has 0 aromatic carbocycles. The van der Waals surface area contributed by atoms with E-state index in [0.29, 0.717) is 40.1 Å². The topological polar surface area (TPSA) is 74.6 Å². The van der Waals surface area contributed by atoms with Crippen LogP contribution in [0.1, 0.15) is 105 Å². The van der Waals surface area contributed by atoms with Crippen LogP contribution < -0.4 is 0 Å². The van der Waals surface area contributed by atoms with Gasteiger partial charge >= 0.3 is 11.9 Å². The molecule has 4 nitrogen and oxygen atoms in total. The van der Waals surface area contributed by atoms with E-state index >= 15 is 0 Å². The number of fused-ring (bicyclic) bond motifs is 2. The van der Waals surface area contributed by atoms with E-state index in [2.05, 4.69) is 34.3 Å². The van der Waals surface area contributed by atoms with Crippen molar-refractivity contribution < 1.29 is 19.8 Å². The average molecular weight is 471 g/mol. The van der Waals surface area contributed by atoms with Crippen molar-refractivity contribution in [1.29, 1.82) is 0 Å². The Hall–Kier alpha value is -1.58. The van der Waals surface area contributed by atoms with Gasteiger partial charge in [-0.3, -0.25) is 4.79 Å². The van der Waals surface area contributed by atoms with Gasteiger partial charge in [0.2, 0.25) is 0 Å². The van der Waals surface area contributed by atoms with Crippen molar-refractivity contribution in [3.8, 4) is 0 Å². The Labute approximate surface area is 206 Å². The van der Waals surface area contributed by atoms with Gasteiger partial charge in [-0.2, -0.15) is 0 Å². The number of hydrogen-bond acceptors (Lipinski definition) is 2. The van der Waals surface area contributed by atoms with E-state index in [9.17, 15) is 19.8 Å². The second kappa shape index (κ2) is 8.52. The molecule has 190 valence electrons. The lowest BCUT2D eigenvalue weighted by atomic mass is 9.42. The summed E-state index contributed by atoms with van der Waals surface area (Å²) in [5.74, 6) is 0.725. The average Bonchev–Trinajstić information content (AvgIpc) is 3.17. The van der Waals surface area contributed by atoms with Crippen LogP contribution in [0.2, 0.25) is 0 Å². The van der Waals surface area contributed by atoms with Crippen molar-refractivity contribution in [2.45, 2.75) is 105 Å². The molecule has 0 radical (unpaired) electrons. The molecule has 0 aromatic heterocycles. The minimum absolute atomic E-state index is 0.0470. The lowest BCUT2D eigenvalue weighted by molar-refractivity contribution is -0.146. The van der Waals surface area contributed by atoms with Gasteiger partial charge in [0.05, 0.1) is 0 Å². The molecule has 4 rings (SSSR count). The normalized spacial score (nSPS) is 43.9. The molecule has 1 spiro atoms. The van der Waals surface area contributed by atoms with Gasteiger partial charge in [0.1, 0.15) is 0 Å². The van der Waals surface area contributed by atoms with E-state index in [0.717, 1.165) is 25.7 Å². The first-order valence-electron chi connectivity index (χ1n) is 13.6. The molecule has 0 aliphatic heterocycles. The molecule has 2 N–H and O–H groups in total. The molecule has 8 atom stereocenters. The number of carboxylic acids is 2. The van der Waals surface area contributed by atoms with E-state index < -0.39 is 11.9 Å². The van der Waals surface area contributed by atoms with Crippen LogP contribution in [0.4, 0.5) is 0 Å². The third-order valence-electron chi connectivity index (χ3n) is 11.8. The highest BCUT2D eigenvalue weighted by molar-refractivity contribution is 5.85. The molecule has 0 heterocycles. The molecule has 4 aliphatic carbocycles. The summed E-state index contributed by atoms with van der Waals surface area (Å²) in [6.45, 7) is 15.7. The highest BCUT2D eigenvalue weighted by Gasteiger charge is 2.83. The second-order valence-electron chi connectivity index (χ2n) is 13.1. The Kier molecular flexibility index (Phi) is 6.39. The van der Waals surface area contributed by atoms with Crippen molar-refractivity contribution in [3.63, 3.8) is 0 Å². The van der Waals surface area contributed by atoms with E-state index in [1.54, 1.807) is 6.92 Å². The van der Waals surface area contributed by atoms with Gasteiger partial charge in [-0.1, -0.05) is 45.4 Å². The third-order valence-corrected chi connectivity index (χ3v) is 11.8. The second-order valence-corrected chi connectivity index (χ2v) is 13.1. The monoisotopic (exact) mass is 470 g/mol. The van der Waals surface area contributed by atoms with Gasteiger partial charge in [-0.25, -0.2) is 4.79 Å². The first-order valence-corrected chi connectivity index (χ1v) is 13.6. The van der Waals surface area contributed by atoms with Gasteiger partial charge in [-0.05, 0) is 117 Å². The van der Waals surface area contributed by atoms with Crippen LogP contribution >= 0.6 is 0 Å². The molecule has 4 saturated carbocycles. The summed E-state index contributed by atoms with van der Waals surface area (Å²) >= 11 is 0. The van der Waals surface area contributed by atoms with Crippen molar-refractivity contribution in [3.05, 3.63) is 23.8 Å². The number of rotatable bonds is 9. The molecule has 0 saturated heterocycles. The predicted molar refractivity (Wildman–Crippen MR) is 135 cm³/mol. The summed E-state index contributed by atoms with van der Waals surface area (Å²) in [4.78, 5) is 23.1. The molecule has 0 amide bonds. The van der Waals surface area contributed by atoms with Crippen LogP contribution in [0.3, 0.4) is 0 Å². The Morgan fingerprint density at radius 1 is 1.09 bits per heavy atom. The summed E-state index contributed by atoms with van der Waals surface area (Å²) < 4.78 is 0. The quantitative estimate of drug-likeness (QED) is 0.270. The Morgan fingerprint density at radius 2 is 1.79 bits per heavy atom. The van der Waals surface area contributed by atoms with Gasteiger partial charge in [-0.15, -0.1) is 0 Å². The van der Waals surface area contributed by atoms with Gasteiger partial charge in [0, 0.05) is 12.0 Å². The fourth-order valence-electron chi connectivity index (χ4n) is 10.6. The molecule has 4 aliphatic rings. The lowest BCUT2D eigenvalue weighted by Gasteiger charge is -2.62. The maximum Gasteiger partial charge on any atom is 0.330 e. The van der Waals surface area contributed by atoms with Crippen LogP contribution in [-0.4, -0.2) is 22.2 Å². The number of hydrogen-bond donors (Lipinski definition) is 2. The first-order chi connectivity index (χ1) is 15.9. The summed E-state index contributed by atoms with van der Waals surface area (Å²) in [5, 5.41) is 19.0. The summed E-state index contributed by atoms with van der Waals surface area (Å²) in [5.41, 5.74) is 2.60. The van der Waals surface area contributed by atoms with Crippen molar-refractivity contribution >= 4 is 11.9 Å². The van der Waals surface area contributed by atoms with Crippen molar-refractivity contribution in [2.75, 3.05) is 0 Å². The van der Waals surface area contributed by atoms with Crippen LogP contribution in [0.25, 0.3) is 0 Å². The molecule has 8 unspecified atom stereocenters. The van der Waals surface area contributed by atoms with E-state index in [1.807, 2.05) is 6.08 Å². The minimum Gasteiger partial charge on any atom is -0.481 e. The minimum atomic E-state index is -0.822. The van der Waals surface area contributed by atoms with E-state index in [4.69, 9.17) is 0 Å². The van der Waals surface area contributed by atoms with Gasteiger partial charge in [0.25, 0.3) is 0 Å². The number of carboxylic acid groups (broad SMARTS) is 2. The number of aliphatic carboxylic acids is 2. The van der Waals surface area contributed by atoms with E-state index in [-0.39, 0.29) is 17.3 Å². The van der Waals surface area contributed by atoms with Crippen molar-refractivity contribution in [1.82, 2.24) is 0 Å². The van der Waals surface area contributed by atoms with Crippen LogP contribution in [0, 0.1) is 45.3 Å². The first kappa shape index (κ1) is 25.5. The van der Waals surface area contributed by atoms with Crippen LogP contribution in [0.5, 0.6) is 0 Å². The third kappa shape index (κ3) is 3.37. The highest BCUT2D eigenvalue weighted by atomic mass is 16.4. The number of allylic oxidation sites excluding steroid dienone is 2. The molecule has 4 heteroatoms. The smallest absolute Gasteiger partial charge is 0.330 e. The highest BCUT2D eigenvalue weighted by Crippen LogP contribution is 2.89. The molecular formula is C30H46O4. The largest absolute Gasteiger partial charge is 0.481 e. The lowest BCUT2D eigenvalue weighted by Crippen LogP contribution is -2.55. The fourth-order valence-corrected chi connectivity index (χ4v) is 10.6. The maximum atomic E-state index is 11.8.